The molecule has 1 radical (unpaired) electrons. The summed E-state index contributed by atoms with van der Waals surface area (Å²) < 4.78 is 21.0. The number of carbonyl (C=O) groups excluding carboxylic acids is 1. The Kier molecular flexibility index (Phi) is 12.6. The Morgan fingerprint density at radius 3 is 2.06 bits per heavy atom. The summed E-state index contributed by atoms with van der Waals surface area (Å²) >= 11 is -0.317. The molecule has 0 aliphatic carbocycles. The van der Waals surface area contributed by atoms with Crippen LogP contribution in [0.15, 0.2) is 66.5 Å². The van der Waals surface area contributed by atoms with E-state index < -0.39 is 13.3 Å². The Hall–Kier alpha value is -2.31. The van der Waals surface area contributed by atoms with Crippen molar-refractivity contribution in [2.75, 3.05) is 0 Å². The number of aliphatic hydroxyl groups is 1. The summed E-state index contributed by atoms with van der Waals surface area (Å²) in [6.07, 6.45) is 4.78. The normalized spacial score (nSPS) is 13.5. The van der Waals surface area contributed by atoms with Gasteiger partial charge in [0.05, 0.1) is 0 Å². The minimum Gasteiger partial charge on any atom is 0 e. The molecule has 0 fully saturated rings. The fourth-order valence-electron chi connectivity index (χ4n) is 6.43. The maximum absolute atomic E-state index is 12.2. The number of fused-ring (bicyclic) bond motifs is 4. The van der Waals surface area contributed by atoms with Crippen LogP contribution >= 0.6 is 11.3 Å². The van der Waals surface area contributed by atoms with Gasteiger partial charge in [-0.3, -0.25) is 4.79 Å². The van der Waals surface area contributed by atoms with Crippen molar-refractivity contribution in [3.8, 4) is 11.3 Å². The number of aromatic nitrogens is 1. The molecule has 0 aliphatic heterocycles. The number of carbonyl (C=O) groups is 1. The van der Waals surface area contributed by atoms with E-state index in [0.717, 1.165) is 57.8 Å². The van der Waals surface area contributed by atoms with Gasteiger partial charge in [-0.05, 0) is 25.7 Å². The molecule has 5 rings (SSSR count). The largest absolute Gasteiger partial charge is 0 e. The van der Waals surface area contributed by atoms with Gasteiger partial charge in [0, 0.05) is 37.0 Å². The van der Waals surface area contributed by atoms with E-state index in [2.05, 4.69) is 92.4 Å². The zero-order valence-corrected chi connectivity index (χ0v) is 37.8. The van der Waals surface area contributed by atoms with Crippen LogP contribution in [-0.2, 0) is 30.3 Å². The molecule has 0 saturated heterocycles. The van der Waals surface area contributed by atoms with Gasteiger partial charge in [0.25, 0.3) is 0 Å². The van der Waals surface area contributed by atoms with Gasteiger partial charge in [-0.1, -0.05) is 41.5 Å². The number of rotatable bonds is 9. The summed E-state index contributed by atoms with van der Waals surface area (Å²) in [5.41, 5.74) is 3.60. The first kappa shape index (κ1) is 38.9. The summed E-state index contributed by atoms with van der Waals surface area (Å²) in [7, 11) is 0. The van der Waals surface area contributed by atoms with Crippen molar-refractivity contribution in [1.82, 2.24) is 4.98 Å². The monoisotopic (exact) mass is 933 g/mol. The third-order valence-corrected chi connectivity index (χ3v) is 16.8. The molecule has 0 unspecified atom stereocenters. The van der Waals surface area contributed by atoms with Crippen LogP contribution in [-0.4, -0.2) is 29.1 Å². The van der Waals surface area contributed by atoms with Crippen LogP contribution in [0.25, 0.3) is 42.2 Å². The van der Waals surface area contributed by atoms with Gasteiger partial charge in [-0.15, -0.1) is 0 Å². The SMILES string of the molecule is CCC(C)(CC)C(=O)/C=C(\O)C(C)(CC)CC.[2H]c1nc(-c2[c-]c3ccccc3c(C(C)(C)C)c2)c2sc3c(C)[c]([Ge]([CH3])([CH3])[CH3])ccc3c2c1[2H].[Ir]. The van der Waals surface area contributed by atoms with Gasteiger partial charge in [0.1, 0.15) is 5.76 Å². The molecule has 271 valence electrons. The van der Waals surface area contributed by atoms with Crippen molar-refractivity contribution in [2.24, 2.45) is 10.8 Å². The summed E-state index contributed by atoms with van der Waals surface area (Å²) in [6.45, 7) is 21.0. The number of aliphatic hydroxyl groups excluding tert-OH is 1. The molecule has 5 aromatic rings. The van der Waals surface area contributed by atoms with Gasteiger partial charge in [0.15, 0.2) is 5.78 Å². The van der Waals surface area contributed by atoms with Gasteiger partial charge < -0.3 is 5.11 Å². The molecule has 1 N–H and O–H groups in total. The predicted molar refractivity (Wildman–Crippen MR) is 218 cm³/mol. The first-order valence-corrected chi connectivity index (χ1v) is 26.1. The van der Waals surface area contributed by atoms with Crippen molar-refractivity contribution in [2.45, 2.75) is 118 Å². The number of thiophene rings is 1. The van der Waals surface area contributed by atoms with Crippen molar-refractivity contribution >= 4 is 65.7 Å². The molecule has 2 heterocycles. The van der Waals surface area contributed by atoms with E-state index >= 15 is 0 Å². The first-order chi connectivity index (χ1) is 23.7. The van der Waals surface area contributed by atoms with Crippen LogP contribution in [0.4, 0.5) is 0 Å². The fourth-order valence-corrected chi connectivity index (χ4v) is 11.7. The summed E-state index contributed by atoms with van der Waals surface area (Å²) in [4.78, 5) is 16.8. The second-order valence-electron chi connectivity index (χ2n) is 16.2. The van der Waals surface area contributed by atoms with Crippen LogP contribution in [0.1, 0.15) is 102 Å². The molecular weight excluding hydrogens is 871 g/mol. The van der Waals surface area contributed by atoms with E-state index in [-0.39, 0.29) is 60.1 Å². The number of allylic oxidation sites excluding steroid dienone is 2. The zero-order chi connectivity index (χ0) is 38.3. The van der Waals surface area contributed by atoms with Crippen molar-refractivity contribution in [3.05, 3.63) is 83.7 Å². The molecule has 0 aliphatic rings. The van der Waals surface area contributed by atoms with Crippen LogP contribution < -0.4 is 4.40 Å². The third-order valence-electron chi connectivity index (χ3n) is 10.9. The Morgan fingerprint density at radius 1 is 0.900 bits per heavy atom. The Labute approximate surface area is 324 Å². The number of hydrogen-bond donors (Lipinski definition) is 1. The van der Waals surface area contributed by atoms with Crippen LogP contribution in [0.2, 0.25) is 17.3 Å². The van der Waals surface area contributed by atoms with Crippen molar-refractivity contribution in [1.29, 1.82) is 0 Å². The maximum Gasteiger partial charge on any atom is 0 e. The molecule has 6 heteroatoms. The van der Waals surface area contributed by atoms with E-state index in [1.807, 2.05) is 47.6 Å². The maximum atomic E-state index is 12.2. The molecule has 50 heavy (non-hydrogen) atoms. The number of pyridine rings is 1. The molecule has 0 saturated carbocycles. The van der Waals surface area contributed by atoms with Crippen LogP contribution in [0, 0.1) is 23.8 Å². The Bertz CT molecular complexity index is 2120. The molecule has 3 aromatic carbocycles. The predicted octanol–water partition coefficient (Wildman–Crippen LogP) is 12.9. The topological polar surface area (TPSA) is 50.2 Å². The van der Waals surface area contributed by atoms with E-state index in [9.17, 15) is 9.90 Å². The first-order valence-electron chi connectivity index (χ1n) is 18.9. The smallest absolute Gasteiger partial charge is 0 e. The quantitative estimate of drug-likeness (QED) is 0.0693. The van der Waals surface area contributed by atoms with Crippen molar-refractivity contribution < 1.29 is 32.7 Å². The average Bonchev–Trinajstić information content (AvgIpc) is 3.48. The van der Waals surface area contributed by atoms with Gasteiger partial charge in [-0.2, -0.15) is 0 Å². The number of ketones is 1. The van der Waals surface area contributed by atoms with E-state index in [1.54, 1.807) is 11.3 Å². The number of aryl methyl sites for hydroxylation is 1. The van der Waals surface area contributed by atoms with Crippen LogP contribution in [0.3, 0.4) is 0 Å². The van der Waals surface area contributed by atoms with E-state index in [4.69, 9.17) is 2.74 Å². The molecule has 0 amide bonds. The van der Waals surface area contributed by atoms with E-state index in [1.165, 1.54) is 31.7 Å². The van der Waals surface area contributed by atoms with Crippen LogP contribution in [0.5, 0.6) is 0 Å². The average molecular weight is 932 g/mol. The minimum atomic E-state index is -2.04. The number of nitrogens with zero attached hydrogens (tertiary/aromatic N) is 1. The second-order valence-corrected chi connectivity index (χ2v) is 27.8. The second kappa shape index (κ2) is 16.2. The number of benzene rings is 3. The molecule has 2 aromatic heterocycles. The zero-order valence-electron chi connectivity index (χ0n) is 34.5. The van der Waals surface area contributed by atoms with E-state index in [0.29, 0.717) is 0 Å². The summed E-state index contributed by atoms with van der Waals surface area (Å²) in [6, 6.07) is 18.8. The summed E-state index contributed by atoms with van der Waals surface area (Å²) in [5.74, 6) is 7.55. The van der Waals surface area contributed by atoms with Gasteiger partial charge >= 0.3 is 201 Å². The van der Waals surface area contributed by atoms with Gasteiger partial charge in [-0.25, -0.2) is 0 Å². The minimum absolute atomic E-state index is 0. The van der Waals surface area contributed by atoms with Crippen molar-refractivity contribution in [3.63, 3.8) is 0 Å². The molecule has 0 spiro atoms. The molecule has 0 atom stereocenters. The molecule has 0 bridgehead atoms. The standard InChI is InChI=1S/C29H30GeNS.C15H28O2.Ir/c1-18-25(30(5,6)7)13-12-22-23-14-15-31-26(28(23)32-27(18)22)20-16-19-10-8-9-11-21(19)24(17-20)29(2,3)4;1-7-14(5,8-2)12(16)11-13(17)15(6,9-3)10-4;/h8-15,17H,1-7H3;11,16H,7-10H2,1-6H3;/q-1;;/b;12-11-;/i14D,15D;;. The third kappa shape index (κ3) is 8.49. The fraction of sp³-hybridized carbons (Fsp3) is 0.455. The Morgan fingerprint density at radius 2 is 1.50 bits per heavy atom. The van der Waals surface area contributed by atoms with Gasteiger partial charge in [0.2, 0.25) is 0 Å². The summed E-state index contributed by atoms with van der Waals surface area (Å²) in [5, 5.41) is 14.3. The number of hydrogen-bond acceptors (Lipinski definition) is 4. The molecule has 3 nitrogen and oxygen atoms in total. The Balaban J connectivity index is 0.000000347. The molecular formula is C44H58GeIrNO2S-.